The number of piperazine rings is 1. The summed E-state index contributed by atoms with van der Waals surface area (Å²) in [5.41, 5.74) is 7.56. The molecule has 1 aliphatic heterocycles. The molecule has 4 nitrogen and oxygen atoms in total. The quantitative estimate of drug-likeness (QED) is 0.847. The minimum atomic E-state index is 0.228. The Kier molecular flexibility index (Phi) is 4.69. The van der Waals surface area contributed by atoms with Crippen LogP contribution in [0.4, 0.5) is 0 Å². The number of rotatable bonds is 4. The minimum absolute atomic E-state index is 0.228. The van der Waals surface area contributed by atoms with Crippen LogP contribution in [0.2, 0.25) is 0 Å². The van der Waals surface area contributed by atoms with E-state index in [2.05, 4.69) is 41.0 Å². The van der Waals surface area contributed by atoms with Gasteiger partial charge < -0.3 is 15.5 Å². The zero-order chi connectivity index (χ0) is 13.0. The minimum Gasteiger partial charge on any atom is -0.327 e. The molecule has 0 saturated carbocycles. The van der Waals surface area contributed by atoms with Crippen LogP contribution in [0.15, 0.2) is 24.5 Å². The smallest absolute Gasteiger partial charge is 0.0270 e. The molecular formula is C14H24N4. The zero-order valence-corrected chi connectivity index (χ0v) is 11.4. The van der Waals surface area contributed by atoms with Gasteiger partial charge in [0.2, 0.25) is 0 Å². The summed E-state index contributed by atoms with van der Waals surface area (Å²) in [4.78, 5) is 8.86. The fourth-order valence-corrected chi connectivity index (χ4v) is 2.61. The lowest BCUT2D eigenvalue weighted by Gasteiger charge is -2.38. The molecule has 1 fully saturated rings. The highest BCUT2D eigenvalue weighted by Gasteiger charge is 2.23. The summed E-state index contributed by atoms with van der Waals surface area (Å²) < 4.78 is 0. The molecule has 2 atom stereocenters. The van der Waals surface area contributed by atoms with E-state index in [9.17, 15) is 0 Å². The van der Waals surface area contributed by atoms with Crippen molar-refractivity contribution in [1.82, 2.24) is 14.8 Å². The maximum atomic E-state index is 6.28. The topological polar surface area (TPSA) is 45.4 Å². The van der Waals surface area contributed by atoms with E-state index in [1.165, 1.54) is 5.56 Å². The van der Waals surface area contributed by atoms with E-state index in [1.54, 1.807) is 0 Å². The van der Waals surface area contributed by atoms with Gasteiger partial charge in [-0.2, -0.15) is 0 Å². The van der Waals surface area contributed by atoms with E-state index in [4.69, 9.17) is 5.73 Å². The summed E-state index contributed by atoms with van der Waals surface area (Å²) in [6, 6.07) is 4.92. The second-order valence-electron chi connectivity index (χ2n) is 5.45. The molecule has 2 unspecified atom stereocenters. The number of nitrogens with zero attached hydrogens (tertiary/aromatic N) is 3. The molecule has 1 aromatic heterocycles. The Morgan fingerprint density at radius 2 is 2.06 bits per heavy atom. The highest BCUT2D eigenvalue weighted by molar-refractivity contribution is 5.11. The van der Waals surface area contributed by atoms with Crippen molar-refractivity contribution in [2.45, 2.75) is 24.9 Å². The van der Waals surface area contributed by atoms with Crippen molar-refractivity contribution >= 4 is 0 Å². The molecule has 0 bridgehead atoms. The maximum Gasteiger partial charge on any atom is 0.0270 e. The van der Waals surface area contributed by atoms with Crippen LogP contribution in [0.3, 0.4) is 0 Å². The van der Waals surface area contributed by atoms with Gasteiger partial charge in [0.15, 0.2) is 0 Å². The molecule has 2 heterocycles. The lowest BCUT2D eigenvalue weighted by atomic mass is 9.99. The third-order valence-electron chi connectivity index (χ3n) is 3.80. The van der Waals surface area contributed by atoms with Crippen LogP contribution in [-0.2, 0) is 6.42 Å². The van der Waals surface area contributed by atoms with Crippen molar-refractivity contribution in [3.05, 3.63) is 30.1 Å². The van der Waals surface area contributed by atoms with Crippen molar-refractivity contribution in [3.63, 3.8) is 0 Å². The molecule has 2 rings (SSSR count). The first kappa shape index (κ1) is 13.5. The lowest BCUT2D eigenvalue weighted by molar-refractivity contribution is 0.104. The molecule has 0 radical (unpaired) electrons. The third-order valence-corrected chi connectivity index (χ3v) is 3.80. The molecule has 0 aliphatic carbocycles. The Balaban J connectivity index is 1.85. The van der Waals surface area contributed by atoms with Gasteiger partial charge >= 0.3 is 0 Å². The van der Waals surface area contributed by atoms with Crippen LogP contribution >= 0.6 is 0 Å². The Labute approximate surface area is 110 Å². The fourth-order valence-electron chi connectivity index (χ4n) is 2.61. The predicted octanol–water partition coefficient (Wildman–Crippen LogP) is 0.587. The van der Waals surface area contributed by atoms with Gasteiger partial charge in [0, 0.05) is 44.1 Å². The van der Waals surface area contributed by atoms with Crippen molar-refractivity contribution in [3.8, 4) is 0 Å². The van der Waals surface area contributed by atoms with E-state index in [-0.39, 0.29) is 6.04 Å². The van der Waals surface area contributed by atoms with E-state index in [0.717, 1.165) is 32.5 Å². The number of aromatic nitrogens is 1. The number of pyridine rings is 1. The first-order chi connectivity index (χ1) is 8.65. The predicted molar refractivity (Wildman–Crippen MR) is 74.4 cm³/mol. The normalized spacial score (nSPS) is 24.1. The molecule has 0 aromatic carbocycles. The summed E-state index contributed by atoms with van der Waals surface area (Å²) in [6.07, 6.45) is 5.67. The van der Waals surface area contributed by atoms with Gasteiger partial charge in [-0.25, -0.2) is 0 Å². The molecule has 0 spiro atoms. The second-order valence-corrected chi connectivity index (χ2v) is 5.45. The van der Waals surface area contributed by atoms with E-state index in [1.807, 2.05) is 12.4 Å². The summed E-state index contributed by atoms with van der Waals surface area (Å²) in [7, 11) is 4.39. The molecule has 1 aliphatic rings. The van der Waals surface area contributed by atoms with Crippen LogP contribution in [0, 0.1) is 0 Å². The highest BCUT2D eigenvalue weighted by atomic mass is 15.3. The molecular weight excluding hydrogens is 224 g/mol. The average molecular weight is 248 g/mol. The first-order valence-electron chi connectivity index (χ1n) is 6.68. The summed E-state index contributed by atoms with van der Waals surface area (Å²) in [6.45, 7) is 3.43. The molecule has 2 N–H and O–H groups in total. The fraction of sp³-hybridized carbons (Fsp3) is 0.643. The van der Waals surface area contributed by atoms with Crippen molar-refractivity contribution in [1.29, 1.82) is 0 Å². The molecule has 1 aromatic rings. The van der Waals surface area contributed by atoms with Crippen molar-refractivity contribution in [2.24, 2.45) is 5.73 Å². The van der Waals surface area contributed by atoms with Crippen LogP contribution in [0.5, 0.6) is 0 Å². The summed E-state index contributed by atoms with van der Waals surface area (Å²) in [5, 5.41) is 0. The number of nitrogens with two attached hydrogens (primary N) is 1. The van der Waals surface area contributed by atoms with Crippen molar-refractivity contribution < 1.29 is 0 Å². The zero-order valence-electron chi connectivity index (χ0n) is 11.4. The van der Waals surface area contributed by atoms with Gasteiger partial charge in [0.05, 0.1) is 0 Å². The number of hydrogen-bond donors (Lipinski definition) is 1. The number of likely N-dealkylation sites (N-methyl/N-ethyl adjacent to an activating group) is 2. The SMILES string of the molecule is CN1CCN(C)C(CC(N)Cc2ccncc2)C1. The molecule has 100 valence electrons. The first-order valence-corrected chi connectivity index (χ1v) is 6.68. The van der Waals surface area contributed by atoms with Crippen molar-refractivity contribution in [2.75, 3.05) is 33.7 Å². The Morgan fingerprint density at radius 3 is 2.78 bits per heavy atom. The lowest BCUT2D eigenvalue weighted by Crippen LogP contribution is -2.51. The largest absolute Gasteiger partial charge is 0.327 e. The molecule has 4 heteroatoms. The van der Waals surface area contributed by atoms with Gasteiger partial charge in [-0.15, -0.1) is 0 Å². The highest BCUT2D eigenvalue weighted by Crippen LogP contribution is 2.13. The standard InChI is InChI=1S/C14H24N4/c1-17-7-8-18(2)14(11-17)10-13(15)9-12-3-5-16-6-4-12/h3-6,13-14H,7-11,15H2,1-2H3. The van der Waals surface area contributed by atoms with E-state index in [0.29, 0.717) is 6.04 Å². The maximum absolute atomic E-state index is 6.28. The summed E-state index contributed by atoms with van der Waals surface area (Å²) in [5.74, 6) is 0. The average Bonchev–Trinajstić information content (AvgIpc) is 2.35. The van der Waals surface area contributed by atoms with Gasteiger partial charge in [-0.05, 0) is 44.6 Å². The monoisotopic (exact) mass is 248 g/mol. The Hall–Kier alpha value is -0.970. The van der Waals surface area contributed by atoms with Crippen LogP contribution in [0.25, 0.3) is 0 Å². The second kappa shape index (κ2) is 6.27. The van der Waals surface area contributed by atoms with Crippen LogP contribution in [0.1, 0.15) is 12.0 Å². The van der Waals surface area contributed by atoms with Gasteiger partial charge in [0.1, 0.15) is 0 Å². The molecule has 1 saturated heterocycles. The van der Waals surface area contributed by atoms with Crippen LogP contribution < -0.4 is 5.73 Å². The van der Waals surface area contributed by atoms with Gasteiger partial charge in [0.25, 0.3) is 0 Å². The van der Waals surface area contributed by atoms with Crippen LogP contribution in [-0.4, -0.2) is 60.6 Å². The number of hydrogen-bond acceptors (Lipinski definition) is 4. The molecule has 18 heavy (non-hydrogen) atoms. The third kappa shape index (κ3) is 3.77. The van der Waals surface area contributed by atoms with E-state index < -0.39 is 0 Å². The molecule has 0 amide bonds. The van der Waals surface area contributed by atoms with E-state index >= 15 is 0 Å². The summed E-state index contributed by atoms with van der Waals surface area (Å²) >= 11 is 0. The van der Waals surface area contributed by atoms with Gasteiger partial charge in [-0.1, -0.05) is 0 Å². The van der Waals surface area contributed by atoms with Gasteiger partial charge in [-0.3, -0.25) is 4.98 Å². The Morgan fingerprint density at radius 1 is 1.33 bits per heavy atom. The Bertz CT molecular complexity index is 354.